The topological polar surface area (TPSA) is 63.4 Å². The van der Waals surface area contributed by atoms with E-state index in [-0.39, 0.29) is 6.04 Å². The average molecular weight is 310 g/mol. The Balaban J connectivity index is 1.90. The number of aliphatic hydroxyl groups is 1. The Morgan fingerprint density at radius 2 is 2.14 bits per heavy atom. The number of ether oxygens (including phenoxy) is 1. The van der Waals surface area contributed by atoms with Crippen molar-refractivity contribution in [2.45, 2.75) is 52.2 Å². The fourth-order valence-corrected chi connectivity index (χ4v) is 2.78. The third-order valence-corrected chi connectivity index (χ3v) is 4.07. The summed E-state index contributed by atoms with van der Waals surface area (Å²) in [7, 11) is 0. The molecule has 1 aliphatic heterocycles. The Morgan fingerprint density at radius 3 is 2.77 bits per heavy atom. The van der Waals surface area contributed by atoms with E-state index in [1.165, 1.54) is 0 Å². The van der Waals surface area contributed by atoms with Gasteiger partial charge in [-0.3, -0.25) is 4.90 Å². The summed E-state index contributed by atoms with van der Waals surface area (Å²) in [5, 5.41) is 19.3. The molecule has 1 aliphatic rings. The molecule has 0 aromatic carbocycles. The van der Waals surface area contributed by atoms with Crippen molar-refractivity contribution in [2.24, 2.45) is 5.92 Å². The minimum atomic E-state index is -0.885. The first-order valence-electron chi connectivity index (χ1n) is 8.35. The highest BCUT2D eigenvalue weighted by Crippen LogP contribution is 2.30. The van der Waals surface area contributed by atoms with E-state index in [0.717, 1.165) is 32.5 Å². The number of aromatic nitrogens is 3. The molecule has 1 N–H and O–H groups in total. The number of piperidine rings is 1. The predicted molar refractivity (Wildman–Crippen MR) is 85.6 cm³/mol. The van der Waals surface area contributed by atoms with Crippen LogP contribution < -0.4 is 0 Å². The molecule has 126 valence electrons. The van der Waals surface area contributed by atoms with Crippen LogP contribution >= 0.6 is 0 Å². The molecule has 0 spiro atoms. The Hall–Kier alpha value is -0.980. The number of hydrogen-bond acceptors (Lipinski definition) is 5. The van der Waals surface area contributed by atoms with Crippen molar-refractivity contribution in [3.05, 3.63) is 11.9 Å². The zero-order valence-electron chi connectivity index (χ0n) is 14.3. The van der Waals surface area contributed by atoms with Crippen LogP contribution in [0.25, 0.3) is 0 Å². The molecule has 1 fully saturated rings. The van der Waals surface area contributed by atoms with Crippen molar-refractivity contribution in [1.29, 1.82) is 0 Å². The van der Waals surface area contributed by atoms with Gasteiger partial charge in [0.15, 0.2) is 0 Å². The van der Waals surface area contributed by atoms with Gasteiger partial charge in [0.25, 0.3) is 0 Å². The smallest absolute Gasteiger partial charge is 0.123 e. The molecule has 0 aliphatic carbocycles. The second kappa shape index (κ2) is 7.53. The summed E-state index contributed by atoms with van der Waals surface area (Å²) in [6, 6.07) is 0.258. The molecule has 0 radical (unpaired) electrons. The largest absolute Gasteiger partial charge is 0.382 e. The van der Waals surface area contributed by atoms with E-state index in [0.29, 0.717) is 24.8 Å². The molecule has 6 nitrogen and oxygen atoms in total. The van der Waals surface area contributed by atoms with Crippen LogP contribution in [0.5, 0.6) is 0 Å². The first kappa shape index (κ1) is 17.4. The van der Waals surface area contributed by atoms with Gasteiger partial charge in [0.2, 0.25) is 0 Å². The summed E-state index contributed by atoms with van der Waals surface area (Å²) < 4.78 is 7.46. The van der Waals surface area contributed by atoms with E-state index in [9.17, 15) is 5.11 Å². The lowest BCUT2D eigenvalue weighted by molar-refractivity contribution is -0.0459. The molecule has 1 saturated heterocycles. The molecular weight excluding hydrogens is 280 g/mol. The fourth-order valence-electron chi connectivity index (χ4n) is 2.78. The molecule has 6 heteroatoms. The van der Waals surface area contributed by atoms with Crippen molar-refractivity contribution >= 4 is 0 Å². The lowest BCUT2D eigenvalue weighted by Crippen LogP contribution is -2.47. The second-order valence-corrected chi connectivity index (χ2v) is 7.06. The maximum absolute atomic E-state index is 11.0. The second-order valence-electron chi connectivity index (χ2n) is 7.06. The molecule has 1 aromatic rings. The SMILES string of the molecule is CC(C)COCCN1CCC[C@](O)(c2cn(C(C)C)nn2)C1. The normalized spacial score (nSPS) is 23.6. The molecule has 0 bridgehead atoms. The summed E-state index contributed by atoms with van der Waals surface area (Å²) in [6.45, 7) is 12.4. The van der Waals surface area contributed by atoms with E-state index in [4.69, 9.17) is 4.74 Å². The van der Waals surface area contributed by atoms with Gasteiger partial charge in [0, 0.05) is 25.7 Å². The highest BCUT2D eigenvalue weighted by Gasteiger charge is 2.37. The lowest BCUT2D eigenvalue weighted by atomic mass is 9.90. The highest BCUT2D eigenvalue weighted by molar-refractivity contribution is 5.09. The van der Waals surface area contributed by atoms with Crippen LogP contribution in [-0.2, 0) is 10.3 Å². The van der Waals surface area contributed by atoms with Crippen LogP contribution in [0.1, 0.15) is 52.3 Å². The molecule has 0 amide bonds. The molecular formula is C16H30N4O2. The van der Waals surface area contributed by atoms with Crippen LogP contribution in [0.15, 0.2) is 6.20 Å². The van der Waals surface area contributed by atoms with Crippen molar-refractivity contribution in [3.8, 4) is 0 Å². The third-order valence-electron chi connectivity index (χ3n) is 4.07. The fraction of sp³-hybridized carbons (Fsp3) is 0.875. The van der Waals surface area contributed by atoms with Gasteiger partial charge in [0.1, 0.15) is 11.3 Å². The Morgan fingerprint density at radius 1 is 1.36 bits per heavy atom. The quantitative estimate of drug-likeness (QED) is 0.778. The molecule has 0 unspecified atom stereocenters. The summed E-state index contributed by atoms with van der Waals surface area (Å²) in [5.41, 5.74) is -0.197. The van der Waals surface area contributed by atoms with Crippen molar-refractivity contribution < 1.29 is 9.84 Å². The minimum absolute atomic E-state index is 0.258. The van der Waals surface area contributed by atoms with Crippen LogP contribution in [0.2, 0.25) is 0 Å². The third kappa shape index (κ3) is 4.51. The lowest BCUT2D eigenvalue weighted by Gasteiger charge is -2.37. The maximum atomic E-state index is 11.0. The number of hydrogen-bond donors (Lipinski definition) is 1. The van der Waals surface area contributed by atoms with E-state index in [1.807, 2.05) is 6.20 Å². The monoisotopic (exact) mass is 310 g/mol. The number of β-amino-alcohol motifs (C(OH)–C–C–N with tert-alkyl or cyclic N) is 1. The van der Waals surface area contributed by atoms with Gasteiger partial charge in [-0.1, -0.05) is 19.1 Å². The Labute approximate surface area is 133 Å². The molecule has 2 rings (SSSR count). The van der Waals surface area contributed by atoms with Gasteiger partial charge in [0.05, 0.1) is 12.8 Å². The number of rotatable bonds is 7. The van der Waals surface area contributed by atoms with Crippen LogP contribution in [0, 0.1) is 5.92 Å². The van der Waals surface area contributed by atoms with Gasteiger partial charge in [-0.15, -0.1) is 5.10 Å². The standard InChI is InChI=1S/C16H30N4O2/c1-13(2)11-22-9-8-19-7-5-6-16(21,12-19)15-10-20(14(3)4)18-17-15/h10,13-14,21H,5-9,11-12H2,1-4H3/t16-/m1/s1. The van der Waals surface area contributed by atoms with Crippen LogP contribution in [0.3, 0.4) is 0 Å². The maximum Gasteiger partial charge on any atom is 0.123 e. The van der Waals surface area contributed by atoms with Gasteiger partial charge in [-0.2, -0.15) is 0 Å². The molecule has 1 atom stereocenters. The van der Waals surface area contributed by atoms with Crippen molar-refractivity contribution in [1.82, 2.24) is 19.9 Å². The number of likely N-dealkylation sites (tertiary alicyclic amines) is 1. The van der Waals surface area contributed by atoms with E-state index in [2.05, 4.69) is 42.9 Å². The van der Waals surface area contributed by atoms with Crippen molar-refractivity contribution in [2.75, 3.05) is 32.8 Å². The van der Waals surface area contributed by atoms with Gasteiger partial charge >= 0.3 is 0 Å². The molecule has 0 saturated carbocycles. The summed E-state index contributed by atoms with van der Waals surface area (Å²) in [5.74, 6) is 0.560. The Kier molecular flexibility index (Phi) is 5.94. The van der Waals surface area contributed by atoms with E-state index >= 15 is 0 Å². The molecule has 22 heavy (non-hydrogen) atoms. The average Bonchev–Trinajstić information content (AvgIpc) is 2.94. The summed E-state index contributed by atoms with van der Waals surface area (Å²) >= 11 is 0. The van der Waals surface area contributed by atoms with Gasteiger partial charge < -0.3 is 9.84 Å². The molecule has 1 aromatic heterocycles. The van der Waals surface area contributed by atoms with Gasteiger partial charge in [-0.25, -0.2) is 4.68 Å². The summed E-state index contributed by atoms with van der Waals surface area (Å²) in [4.78, 5) is 2.26. The predicted octanol–water partition coefficient (Wildman–Crippen LogP) is 1.81. The van der Waals surface area contributed by atoms with E-state index in [1.54, 1.807) is 4.68 Å². The first-order chi connectivity index (χ1) is 10.4. The van der Waals surface area contributed by atoms with Crippen LogP contribution in [-0.4, -0.2) is 57.8 Å². The van der Waals surface area contributed by atoms with Crippen LogP contribution in [0.4, 0.5) is 0 Å². The number of nitrogens with zero attached hydrogens (tertiary/aromatic N) is 4. The van der Waals surface area contributed by atoms with Gasteiger partial charge in [-0.05, 0) is 39.2 Å². The highest BCUT2D eigenvalue weighted by atomic mass is 16.5. The zero-order valence-corrected chi connectivity index (χ0v) is 14.3. The minimum Gasteiger partial charge on any atom is -0.382 e. The zero-order chi connectivity index (χ0) is 16.2. The van der Waals surface area contributed by atoms with Crippen molar-refractivity contribution in [3.63, 3.8) is 0 Å². The summed E-state index contributed by atoms with van der Waals surface area (Å²) in [6.07, 6.45) is 3.59. The molecule has 2 heterocycles. The van der Waals surface area contributed by atoms with E-state index < -0.39 is 5.60 Å². The first-order valence-corrected chi connectivity index (χ1v) is 8.35. The Bertz CT molecular complexity index is 461.